The maximum absolute atomic E-state index is 13.5. The Morgan fingerprint density at radius 2 is 1.71 bits per heavy atom. The molecule has 0 radical (unpaired) electrons. The highest BCUT2D eigenvalue weighted by Gasteiger charge is 2.22. The SMILES string of the molecule is COC(=O)c1nc(C)c2c(cc(-c3ccccc3)c(=O)n2CCc2ccccc2)c1O. The van der Waals surface area contributed by atoms with E-state index in [1.807, 2.05) is 60.7 Å². The third-order valence-electron chi connectivity index (χ3n) is 5.32. The second-order valence-corrected chi connectivity index (χ2v) is 7.26. The van der Waals surface area contributed by atoms with Gasteiger partial charge in [-0.3, -0.25) is 4.79 Å². The third-order valence-corrected chi connectivity index (χ3v) is 5.32. The number of hydrogen-bond acceptors (Lipinski definition) is 5. The average molecular weight is 414 g/mol. The molecule has 0 atom stereocenters. The van der Waals surface area contributed by atoms with E-state index in [1.54, 1.807) is 17.6 Å². The topological polar surface area (TPSA) is 81.4 Å². The Morgan fingerprint density at radius 3 is 2.35 bits per heavy atom. The summed E-state index contributed by atoms with van der Waals surface area (Å²) in [5, 5.41) is 11.3. The summed E-state index contributed by atoms with van der Waals surface area (Å²) in [4.78, 5) is 29.9. The molecule has 4 aromatic rings. The number of esters is 1. The van der Waals surface area contributed by atoms with Crippen LogP contribution in [0.15, 0.2) is 71.5 Å². The summed E-state index contributed by atoms with van der Waals surface area (Å²) in [6.45, 7) is 2.12. The van der Waals surface area contributed by atoms with Crippen molar-refractivity contribution in [3.63, 3.8) is 0 Å². The predicted octanol–water partition coefficient (Wildman–Crippen LogP) is 4.11. The summed E-state index contributed by atoms with van der Waals surface area (Å²) < 4.78 is 6.40. The number of methoxy groups -OCH3 is 1. The number of fused-ring (bicyclic) bond motifs is 1. The van der Waals surface area contributed by atoms with Gasteiger partial charge in [-0.25, -0.2) is 9.78 Å². The predicted molar refractivity (Wildman–Crippen MR) is 119 cm³/mol. The molecule has 6 nitrogen and oxygen atoms in total. The van der Waals surface area contributed by atoms with E-state index in [2.05, 4.69) is 4.98 Å². The van der Waals surface area contributed by atoms with Crippen molar-refractivity contribution in [1.82, 2.24) is 9.55 Å². The number of nitrogens with zero attached hydrogens (tertiary/aromatic N) is 2. The molecule has 1 N–H and O–H groups in total. The van der Waals surface area contributed by atoms with Gasteiger partial charge < -0.3 is 14.4 Å². The Bertz CT molecular complexity index is 1310. The second-order valence-electron chi connectivity index (χ2n) is 7.26. The number of aromatic hydroxyl groups is 1. The Morgan fingerprint density at radius 1 is 1.06 bits per heavy atom. The minimum atomic E-state index is -0.731. The Balaban J connectivity index is 1.99. The van der Waals surface area contributed by atoms with Crippen molar-refractivity contribution in [3.05, 3.63) is 94.0 Å². The standard InChI is InChI=1S/C25H22N2O4/c1-16-22-20(23(28)21(26-16)25(30)31-2)15-19(18-11-7-4-8-12-18)24(29)27(22)14-13-17-9-5-3-6-10-17/h3-12,15,28H,13-14H2,1-2H3. The molecule has 31 heavy (non-hydrogen) atoms. The normalized spacial score (nSPS) is 10.9. The lowest BCUT2D eigenvalue weighted by Crippen LogP contribution is -2.24. The van der Waals surface area contributed by atoms with Crippen LogP contribution in [0.5, 0.6) is 5.75 Å². The van der Waals surface area contributed by atoms with Gasteiger partial charge in [0.05, 0.1) is 18.3 Å². The zero-order chi connectivity index (χ0) is 22.0. The third kappa shape index (κ3) is 3.80. The van der Waals surface area contributed by atoms with Gasteiger partial charge in [0.1, 0.15) is 0 Å². The van der Waals surface area contributed by atoms with E-state index in [0.717, 1.165) is 11.1 Å². The summed E-state index contributed by atoms with van der Waals surface area (Å²) in [6, 6.07) is 20.8. The fourth-order valence-corrected chi connectivity index (χ4v) is 3.80. The largest absolute Gasteiger partial charge is 0.505 e. The quantitative estimate of drug-likeness (QED) is 0.497. The fraction of sp³-hybridized carbons (Fsp3) is 0.160. The molecule has 0 aliphatic heterocycles. The number of aromatic nitrogens is 2. The Kier molecular flexibility index (Phi) is 5.54. The molecule has 0 unspecified atom stereocenters. The number of aryl methyl sites for hydroxylation is 3. The highest BCUT2D eigenvalue weighted by molar-refractivity contribution is 6.00. The first kappa shape index (κ1) is 20.3. The van der Waals surface area contributed by atoms with E-state index in [0.29, 0.717) is 35.1 Å². The van der Waals surface area contributed by atoms with Gasteiger partial charge in [-0.2, -0.15) is 0 Å². The van der Waals surface area contributed by atoms with Gasteiger partial charge in [-0.1, -0.05) is 60.7 Å². The molecule has 2 aromatic heterocycles. The molecular weight excluding hydrogens is 392 g/mol. The highest BCUT2D eigenvalue weighted by Crippen LogP contribution is 2.32. The van der Waals surface area contributed by atoms with Crippen LogP contribution in [0, 0.1) is 6.92 Å². The molecule has 0 saturated carbocycles. The number of rotatable bonds is 5. The van der Waals surface area contributed by atoms with Crippen LogP contribution in [0.25, 0.3) is 22.0 Å². The minimum absolute atomic E-state index is 0.167. The van der Waals surface area contributed by atoms with E-state index in [9.17, 15) is 14.7 Å². The van der Waals surface area contributed by atoms with E-state index in [-0.39, 0.29) is 17.0 Å². The van der Waals surface area contributed by atoms with Gasteiger partial charge in [-0.05, 0) is 30.5 Å². The molecular formula is C25H22N2O4. The zero-order valence-corrected chi connectivity index (χ0v) is 17.3. The first-order valence-electron chi connectivity index (χ1n) is 9.96. The highest BCUT2D eigenvalue weighted by atomic mass is 16.5. The zero-order valence-electron chi connectivity index (χ0n) is 17.3. The van der Waals surface area contributed by atoms with Crippen molar-refractivity contribution >= 4 is 16.9 Å². The maximum Gasteiger partial charge on any atom is 0.360 e. The summed E-state index contributed by atoms with van der Waals surface area (Å²) in [6.07, 6.45) is 0.632. The molecule has 0 bridgehead atoms. The lowest BCUT2D eigenvalue weighted by atomic mass is 10.0. The molecule has 0 fully saturated rings. The monoisotopic (exact) mass is 414 g/mol. The summed E-state index contributed by atoms with van der Waals surface area (Å²) in [7, 11) is 1.24. The van der Waals surface area contributed by atoms with Gasteiger partial charge in [-0.15, -0.1) is 0 Å². The molecule has 2 aromatic carbocycles. The van der Waals surface area contributed by atoms with Crippen LogP contribution in [0.4, 0.5) is 0 Å². The number of pyridine rings is 2. The lowest BCUT2D eigenvalue weighted by Gasteiger charge is -2.17. The van der Waals surface area contributed by atoms with Crippen LogP contribution in [0.1, 0.15) is 21.7 Å². The summed E-state index contributed by atoms with van der Waals surface area (Å²) in [5.74, 6) is -1.02. The molecule has 0 aliphatic rings. The molecule has 0 saturated heterocycles. The van der Waals surface area contributed by atoms with E-state index in [1.165, 1.54) is 7.11 Å². The number of ether oxygens (including phenoxy) is 1. The van der Waals surface area contributed by atoms with Crippen LogP contribution in [0.3, 0.4) is 0 Å². The lowest BCUT2D eigenvalue weighted by molar-refractivity contribution is 0.0590. The van der Waals surface area contributed by atoms with Crippen molar-refractivity contribution in [1.29, 1.82) is 0 Å². The molecule has 2 heterocycles. The number of hydrogen-bond donors (Lipinski definition) is 1. The van der Waals surface area contributed by atoms with Gasteiger partial charge in [0, 0.05) is 17.5 Å². The van der Waals surface area contributed by atoms with Gasteiger partial charge in [0.2, 0.25) is 0 Å². The molecule has 0 spiro atoms. The summed E-state index contributed by atoms with van der Waals surface area (Å²) >= 11 is 0. The van der Waals surface area contributed by atoms with E-state index in [4.69, 9.17) is 4.74 Å². The van der Waals surface area contributed by atoms with Crippen LogP contribution in [-0.4, -0.2) is 27.7 Å². The van der Waals surface area contributed by atoms with Crippen molar-refractivity contribution in [2.75, 3.05) is 7.11 Å². The van der Waals surface area contributed by atoms with E-state index < -0.39 is 5.97 Å². The van der Waals surface area contributed by atoms with Gasteiger partial charge in [0.15, 0.2) is 11.4 Å². The second kappa shape index (κ2) is 8.44. The smallest absolute Gasteiger partial charge is 0.360 e. The first-order chi connectivity index (χ1) is 15.0. The fourth-order valence-electron chi connectivity index (χ4n) is 3.80. The van der Waals surface area contributed by atoms with Gasteiger partial charge in [0.25, 0.3) is 5.56 Å². The van der Waals surface area contributed by atoms with Gasteiger partial charge >= 0.3 is 5.97 Å². The van der Waals surface area contributed by atoms with Crippen LogP contribution < -0.4 is 5.56 Å². The molecule has 156 valence electrons. The van der Waals surface area contributed by atoms with Crippen LogP contribution in [-0.2, 0) is 17.7 Å². The molecule has 6 heteroatoms. The van der Waals surface area contributed by atoms with Crippen molar-refractivity contribution in [2.24, 2.45) is 0 Å². The van der Waals surface area contributed by atoms with E-state index >= 15 is 0 Å². The van der Waals surface area contributed by atoms with Crippen molar-refractivity contribution < 1.29 is 14.6 Å². The Labute approximate surface area is 179 Å². The minimum Gasteiger partial charge on any atom is -0.505 e. The maximum atomic E-state index is 13.5. The molecule has 0 aliphatic carbocycles. The van der Waals surface area contributed by atoms with Crippen LogP contribution in [0.2, 0.25) is 0 Å². The van der Waals surface area contributed by atoms with Crippen LogP contribution >= 0.6 is 0 Å². The van der Waals surface area contributed by atoms with Crippen molar-refractivity contribution in [3.8, 4) is 16.9 Å². The molecule has 0 amide bonds. The summed E-state index contributed by atoms with van der Waals surface area (Å²) in [5.41, 5.74) is 2.90. The number of carbonyl (C=O) groups excluding carboxylic acids is 1. The first-order valence-corrected chi connectivity index (χ1v) is 9.96. The molecule has 4 rings (SSSR count). The number of carbonyl (C=O) groups is 1. The van der Waals surface area contributed by atoms with Crippen molar-refractivity contribution in [2.45, 2.75) is 19.9 Å². The number of benzene rings is 2. The average Bonchev–Trinajstić information content (AvgIpc) is 2.81. The Hall–Kier alpha value is -3.93.